The van der Waals surface area contributed by atoms with Gasteiger partial charge < -0.3 is 6.42 Å². The fourth-order valence-electron chi connectivity index (χ4n) is 5.78. The fourth-order valence-corrected chi connectivity index (χ4v) is 5.78. The predicted molar refractivity (Wildman–Crippen MR) is 111 cm³/mol. The van der Waals surface area contributed by atoms with Gasteiger partial charge in [0.25, 0.3) is 0 Å². The standard InChI is InChI=1S/C22H29.C3H6.Zr/c1-3-15-12-13-21(17(15)4-2)20-11-7-10-19-18-9-6-5-8-16(18)14-22(19)20;1-3-2;/h5-6,8-9,12,14,16,18-20,22H,3-4,7,10-11,13H2,1-2H3;1-2H3;/q-1;;. The third-order valence-corrected chi connectivity index (χ3v) is 6.70. The topological polar surface area (TPSA) is 0 Å². The van der Waals surface area contributed by atoms with E-state index in [1.54, 1.807) is 35.4 Å². The van der Waals surface area contributed by atoms with E-state index >= 15 is 0 Å². The molecule has 26 heavy (non-hydrogen) atoms. The number of fused-ring (bicyclic) bond motifs is 3. The van der Waals surface area contributed by atoms with Crippen molar-refractivity contribution in [1.29, 1.82) is 0 Å². The second-order valence-electron chi connectivity index (χ2n) is 8.54. The van der Waals surface area contributed by atoms with Gasteiger partial charge in [-0.05, 0) is 48.7 Å². The molecule has 2 saturated carbocycles. The first kappa shape index (κ1) is 20.4. The van der Waals surface area contributed by atoms with Crippen LogP contribution >= 0.6 is 0 Å². The zero-order valence-electron chi connectivity index (χ0n) is 17.1. The Balaban J connectivity index is 0.000000447. The Bertz CT molecular complexity index is 641. The van der Waals surface area contributed by atoms with E-state index in [0.29, 0.717) is 5.92 Å². The molecular weight excluding hydrogens is 391 g/mol. The molecule has 0 radical (unpaired) electrons. The molecule has 4 aliphatic carbocycles. The molecule has 0 saturated heterocycles. The maximum atomic E-state index is 2.73. The number of hydrogen-bond acceptors (Lipinski definition) is 0. The van der Waals surface area contributed by atoms with Gasteiger partial charge in [-0.3, -0.25) is 0 Å². The molecule has 0 amide bonds. The van der Waals surface area contributed by atoms with E-state index in [2.05, 4.69) is 64.5 Å². The molecule has 5 unspecified atom stereocenters. The van der Waals surface area contributed by atoms with Gasteiger partial charge in [0.2, 0.25) is 0 Å². The molecule has 4 aliphatic rings. The normalized spacial score (nSPS) is 34.7. The van der Waals surface area contributed by atoms with Gasteiger partial charge in [-0.2, -0.15) is 5.92 Å². The molecule has 0 aliphatic heterocycles. The third-order valence-electron chi connectivity index (χ3n) is 6.70. The number of hydrogen-bond donors (Lipinski definition) is 0. The molecule has 5 atom stereocenters. The summed E-state index contributed by atoms with van der Waals surface area (Å²) >= 11 is 1.55. The van der Waals surface area contributed by atoms with Crippen molar-refractivity contribution in [2.24, 2.45) is 29.6 Å². The molecule has 0 bridgehead atoms. The molecule has 0 aromatic heterocycles. The van der Waals surface area contributed by atoms with E-state index in [1.165, 1.54) is 41.7 Å². The monoisotopic (exact) mass is 425 g/mol. The first-order chi connectivity index (χ1) is 12.6. The van der Waals surface area contributed by atoms with E-state index < -0.39 is 0 Å². The number of rotatable bonds is 3. The van der Waals surface area contributed by atoms with Crippen LogP contribution < -0.4 is 0 Å². The molecule has 2 fully saturated rings. The second kappa shape index (κ2) is 9.27. The van der Waals surface area contributed by atoms with Gasteiger partial charge in [-0.1, -0.05) is 62.5 Å². The van der Waals surface area contributed by atoms with Gasteiger partial charge >= 0.3 is 41.3 Å². The second-order valence-corrected chi connectivity index (χ2v) is 11.0. The van der Waals surface area contributed by atoms with E-state index in [9.17, 15) is 0 Å². The Morgan fingerprint density at radius 1 is 1.12 bits per heavy atom. The van der Waals surface area contributed by atoms with Crippen molar-refractivity contribution >= 4 is 3.21 Å². The van der Waals surface area contributed by atoms with Crippen LogP contribution in [-0.4, -0.2) is 3.21 Å². The molecule has 0 spiro atoms. The fraction of sp³-hybridized carbons (Fsp3) is 0.600. The zero-order chi connectivity index (χ0) is 18.7. The summed E-state index contributed by atoms with van der Waals surface area (Å²) in [6, 6.07) is 0. The van der Waals surface area contributed by atoms with Crippen molar-refractivity contribution in [3.8, 4) is 0 Å². The summed E-state index contributed by atoms with van der Waals surface area (Å²) in [5.41, 5.74) is 5.19. The van der Waals surface area contributed by atoms with E-state index in [-0.39, 0.29) is 0 Å². The summed E-state index contributed by atoms with van der Waals surface area (Å²) in [4.78, 5) is 0. The van der Waals surface area contributed by atoms with Crippen molar-refractivity contribution < 1.29 is 24.2 Å². The van der Waals surface area contributed by atoms with Crippen molar-refractivity contribution in [1.82, 2.24) is 0 Å². The minimum atomic E-state index is 0.714. The van der Waals surface area contributed by atoms with Crippen LogP contribution in [0.2, 0.25) is 0 Å². The van der Waals surface area contributed by atoms with Crippen LogP contribution in [0, 0.1) is 36.0 Å². The first-order valence-corrected chi connectivity index (χ1v) is 11.9. The van der Waals surface area contributed by atoms with E-state index in [4.69, 9.17) is 0 Å². The molecule has 4 rings (SSSR count). The van der Waals surface area contributed by atoms with Crippen molar-refractivity contribution in [2.75, 3.05) is 0 Å². The Hall–Kier alpha value is -0.287. The molecule has 0 aromatic rings. The van der Waals surface area contributed by atoms with Gasteiger partial charge in [-0.25, -0.2) is 0 Å². The van der Waals surface area contributed by atoms with Gasteiger partial charge in [0.1, 0.15) is 0 Å². The Kier molecular flexibility index (Phi) is 7.29. The Morgan fingerprint density at radius 2 is 1.85 bits per heavy atom. The van der Waals surface area contributed by atoms with Gasteiger partial charge in [0, 0.05) is 0 Å². The average molecular weight is 427 g/mol. The third kappa shape index (κ3) is 4.24. The van der Waals surface area contributed by atoms with Crippen LogP contribution in [0.15, 0.2) is 47.1 Å². The molecule has 0 N–H and O–H groups in total. The molecule has 0 nitrogen and oxygen atoms in total. The Morgan fingerprint density at radius 3 is 2.54 bits per heavy atom. The van der Waals surface area contributed by atoms with Crippen LogP contribution in [0.25, 0.3) is 0 Å². The molecule has 1 heteroatoms. The summed E-state index contributed by atoms with van der Waals surface area (Å²) in [6.45, 7) is 8.92. The van der Waals surface area contributed by atoms with E-state index in [1.807, 2.05) is 5.57 Å². The van der Waals surface area contributed by atoms with Crippen LogP contribution in [0.3, 0.4) is 0 Å². The van der Waals surface area contributed by atoms with Crippen LogP contribution in [-0.2, 0) is 24.2 Å². The average Bonchev–Trinajstić information content (AvgIpc) is 3.21. The summed E-state index contributed by atoms with van der Waals surface area (Å²) in [7, 11) is 0. The SMILES string of the molecule is CCC1=CCC(C2CCCC3C4C=CC=CC4[CH-]C23)=C1CC.C[C](C)=[Zr]. The van der Waals surface area contributed by atoms with Crippen LogP contribution in [0.4, 0.5) is 0 Å². The first-order valence-electron chi connectivity index (χ1n) is 10.7. The molecule has 0 aromatic carbocycles. The molecule has 0 heterocycles. The summed E-state index contributed by atoms with van der Waals surface area (Å²) in [5, 5.41) is 0. The van der Waals surface area contributed by atoms with Crippen LogP contribution in [0.5, 0.6) is 0 Å². The van der Waals surface area contributed by atoms with Crippen molar-refractivity contribution in [3.05, 3.63) is 53.5 Å². The molecule has 140 valence electrons. The summed E-state index contributed by atoms with van der Waals surface area (Å²) < 4.78 is 1.51. The quantitative estimate of drug-likeness (QED) is 0.436. The van der Waals surface area contributed by atoms with Gasteiger partial charge in [-0.15, -0.1) is 12.0 Å². The summed E-state index contributed by atoms with van der Waals surface area (Å²) in [6.07, 6.45) is 22.7. The maximum absolute atomic E-state index is 2.73. The predicted octanol–water partition coefficient (Wildman–Crippen LogP) is 6.79. The van der Waals surface area contributed by atoms with Gasteiger partial charge in [0.05, 0.1) is 0 Å². The summed E-state index contributed by atoms with van der Waals surface area (Å²) in [5.74, 6) is 4.08. The van der Waals surface area contributed by atoms with Crippen molar-refractivity contribution in [2.45, 2.75) is 66.2 Å². The minimum absolute atomic E-state index is 0.714. The Labute approximate surface area is 176 Å². The number of allylic oxidation sites excluding steroid dienone is 8. The zero-order valence-corrected chi connectivity index (χ0v) is 19.6. The van der Waals surface area contributed by atoms with Crippen molar-refractivity contribution in [3.63, 3.8) is 0 Å². The van der Waals surface area contributed by atoms with Gasteiger partial charge in [0.15, 0.2) is 0 Å². The van der Waals surface area contributed by atoms with E-state index in [0.717, 1.165) is 23.7 Å². The van der Waals surface area contributed by atoms with Crippen LogP contribution in [0.1, 0.15) is 66.2 Å². The molecular formula is C25H35Zr-.